The Kier molecular flexibility index (Phi) is 3.41. The van der Waals surface area contributed by atoms with Gasteiger partial charge >= 0.3 is 0 Å². The Balaban J connectivity index is 2.23. The molecule has 2 aromatic rings. The molecule has 0 amide bonds. The van der Waals surface area contributed by atoms with Crippen molar-refractivity contribution in [1.29, 1.82) is 0 Å². The summed E-state index contributed by atoms with van der Waals surface area (Å²) in [6.07, 6.45) is 0.139. The van der Waals surface area contributed by atoms with Crippen molar-refractivity contribution in [2.24, 2.45) is 5.73 Å². The van der Waals surface area contributed by atoms with Gasteiger partial charge in [0, 0.05) is 12.1 Å². The number of nitrogens with two attached hydrogens (primary N) is 1. The first kappa shape index (κ1) is 13.3. The number of nitrogens with zero attached hydrogens (tertiary/aromatic N) is 2. The molecule has 1 unspecified atom stereocenters. The average molecular weight is 265 g/mol. The molecular weight excluding hydrogens is 250 g/mol. The second-order valence-corrected chi connectivity index (χ2v) is 4.59. The van der Waals surface area contributed by atoms with Crippen LogP contribution in [0.4, 0.5) is 0 Å². The molecule has 0 fully saturated rings. The molecule has 0 aliphatic rings. The van der Waals surface area contributed by atoms with Gasteiger partial charge < -0.3 is 25.6 Å². The molecule has 0 bridgehead atoms. The van der Waals surface area contributed by atoms with Crippen molar-refractivity contribution in [1.82, 2.24) is 10.1 Å². The second kappa shape index (κ2) is 4.87. The van der Waals surface area contributed by atoms with E-state index in [-0.39, 0.29) is 36.2 Å². The van der Waals surface area contributed by atoms with Gasteiger partial charge in [-0.2, -0.15) is 4.98 Å². The quantitative estimate of drug-likeness (QED) is 0.589. The van der Waals surface area contributed by atoms with Gasteiger partial charge in [-0.1, -0.05) is 5.16 Å². The molecule has 1 aromatic heterocycles. The fraction of sp³-hybridized carbons (Fsp3) is 0.333. The number of hydrogen-bond acceptors (Lipinski definition) is 7. The maximum Gasteiger partial charge on any atom is 0.229 e. The summed E-state index contributed by atoms with van der Waals surface area (Å²) >= 11 is 0. The van der Waals surface area contributed by atoms with Crippen LogP contribution in [0.5, 0.6) is 11.5 Å². The van der Waals surface area contributed by atoms with Crippen LogP contribution in [0.3, 0.4) is 0 Å². The first-order valence-electron chi connectivity index (χ1n) is 5.69. The summed E-state index contributed by atoms with van der Waals surface area (Å²) < 4.78 is 5.01. The predicted octanol–water partition coefficient (Wildman–Crippen LogP) is 0.400. The lowest BCUT2D eigenvalue weighted by Gasteiger charge is -2.17. The molecule has 7 heteroatoms. The number of rotatable bonds is 4. The average Bonchev–Trinajstić information content (AvgIpc) is 2.80. The number of aliphatic hydroxyl groups is 1. The number of phenolic OH excluding ortho intramolecular Hbond substituents is 2. The van der Waals surface area contributed by atoms with Gasteiger partial charge in [0.05, 0.1) is 12.0 Å². The van der Waals surface area contributed by atoms with E-state index in [0.717, 1.165) is 0 Å². The molecule has 1 heterocycles. The monoisotopic (exact) mass is 265 g/mol. The zero-order valence-corrected chi connectivity index (χ0v) is 10.4. The fourth-order valence-electron chi connectivity index (χ4n) is 1.50. The van der Waals surface area contributed by atoms with E-state index in [1.54, 1.807) is 13.0 Å². The molecule has 1 atom stereocenters. The van der Waals surface area contributed by atoms with Gasteiger partial charge in [-0.15, -0.1) is 0 Å². The van der Waals surface area contributed by atoms with Crippen LogP contribution in [0.25, 0.3) is 11.4 Å². The standard InChI is InChI=1S/C12H15N3O4/c1-12(18,6-13)5-10-14-11(15-19-10)7-2-3-8(16)9(17)4-7/h2-4,16-18H,5-6,13H2,1H3. The van der Waals surface area contributed by atoms with Crippen LogP contribution < -0.4 is 5.73 Å². The smallest absolute Gasteiger partial charge is 0.229 e. The van der Waals surface area contributed by atoms with Crippen molar-refractivity contribution < 1.29 is 19.8 Å². The number of phenols is 2. The van der Waals surface area contributed by atoms with E-state index in [4.69, 9.17) is 10.3 Å². The van der Waals surface area contributed by atoms with Gasteiger partial charge in [0.1, 0.15) is 0 Å². The molecule has 5 N–H and O–H groups in total. The predicted molar refractivity (Wildman–Crippen MR) is 66.4 cm³/mol. The van der Waals surface area contributed by atoms with Crippen LogP contribution in [0.1, 0.15) is 12.8 Å². The largest absolute Gasteiger partial charge is 0.504 e. The maximum absolute atomic E-state index is 9.81. The number of benzene rings is 1. The van der Waals surface area contributed by atoms with E-state index >= 15 is 0 Å². The third-order valence-corrected chi connectivity index (χ3v) is 2.67. The van der Waals surface area contributed by atoms with E-state index in [1.807, 2.05) is 0 Å². The molecule has 0 spiro atoms. The topological polar surface area (TPSA) is 126 Å². The van der Waals surface area contributed by atoms with Crippen molar-refractivity contribution >= 4 is 0 Å². The minimum Gasteiger partial charge on any atom is -0.504 e. The summed E-state index contributed by atoms with van der Waals surface area (Å²) in [7, 11) is 0. The zero-order valence-electron chi connectivity index (χ0n) is 10.4. The molecule has 7 nitrogen and oxygen atoms in total. The Morgan fingerprint density at radius 3 is 2.68 bits per heavy atom. The van der Waals surface area contributed by atoms with Gasteiger partial charge in [-0.05, 0) is 25.1 Å². The molecule has 102 valence electrons. The van der Waals surface area contributed by atoms with Crippen molar-refractivity contribution in [3.8, 4) is 22.9 Å². The van der Waals surface area contributed by atoms with Crippen LogP contribution in [0.2, 0.25) is 0 Å². The van der Waals surface area contributed by atoms with Crippen molar-refractivity contribution in [2.75, 3.05) is 6.54 Å². The highest BCUT2D eigenvalue weighted by molar-refractivity contribution is 5.59. The lowest BCUT2D eigenvalue weighted by molar-refractivity contribution is 0.0610. The first-order valence-corrected chi connectivity index (χ1v) is 5.69. The molecule has 0 saturated heterocycles. The summed E-state index contributed by atoms with van der Waals surface area (Å²) in [4.78, 5) is 4.10. The molecule has 0 saturated carbocycles. The lowest BCUT2D eigenvalue weighted by atomic mass is 10.0. The summed E-state index contributed by atoms with van der Waals surface area (Å²) in [6.45, 7) is 1.65. The Labute approximate surface area is 109 Å². The third-order valence-electron chi connectivity index (χ3n) is 2.67. The first-order chi connectivity index (χ1) is 8.91. The Morgan fingerprint density at radius 1 is 1.32 bits per heavy atom. The highest BCUT2D eigenvalue weighted by atomic mass is 16.5. The Morgan fingerprint density at radius 2 is 2.05 bits per heavy atom. The summed E-state index contributed by atoms with van der Waals surface area (Å²) in [5.74, 6) is 0.0208. The molecule has 19 heavy (non-hydrogen) atoms. The highest BCUT2D eigenvalue weighted by Crippen LogP contribution is 2.29. The lowest BCUT2D eigenvalue weighted by Crippen LogP contribution is -2.36. The van der Waals surface area contributed by atoms with Gasteiger partial charge in [-0.3, -0.25) is 0 Å². The summed E-state index contributed by atoms with van der Waals surface area (Å²) in [6, 6.07) is 4.20. The molecule has 1 aromatic carbocycles. The number of hydrogen-bond donors (Lipinski definition) is 4. The van der Waals surface area contributed by atoms with E-state index in [2.05, 4.69) is 10.1 Å². The minimum atomic E-state index is -1.11. The van der Waals surface area contributed by atoms with E-state index in [0.29, 0.717) is 5.56 Å². The van der Waals surface area contributed by atoms with Crippen LogP contribution in [0.15, 0.2) is 22.7 Å². The van der Waals surface area contributed by atoms with Gasteiger partial charge in [0.15, 0.2) is 11.5 Å². The molecule has 0 radical (unpaired) electrons. The number of aromatic nitrogens is 2. The Bertz CT molecular complexity index is 580. The van der Waals surface area contributed by atoms with E-state index in [1.165, 1.54) is 12.1 Å². The zero-order chi connectivity index (χ0) is 14.0. The Hall–Kier alpha value is -2.12. The molecule has 2 rings (SSSR count). The van der Waals surface area contributed by atoms with E-state index < -0.39 is 5.60 Å². The fourth-order valence-corrected chi connectivity index (χ4v) is 1.50. The van der Waals surface area contributed by atoms with Gasteiger partial charge in [0.2, 0.25) is 11.7 Å². The SMILES string of the molecule is CC(O)(CN)Cc1nc(-c2ccc(O)c(O)c2)no1. The summed E-state index contributed by atoms with van der Waals surface area (Å²) in [5.41, 5.74) is 4.80. The summed E-state index contributed by atoms with van der Waals surface area (Å²) in [5, 5.41) is 32.2. The molecule has 0 aliphatic carbocycles. The van der Waals surface area contributed by atoms with Crippen LogP contribution in [0, 0.1) is 0 Å². The molecule has 0 aliphatic heterocycles. The van der Waals surface area contributed by atoms with E-state index in [9.17, 15) is 15.3 Å². The van der Waals surface area contributed by atoms with Crippen LogP contribution >= 0.6 is 0 Å². The minimum absolute atomic E-state index is 0.0741. The highest BCUT2D eigenvalue weighted by Gasteiger charge is 2.23. The van der Waals surface area contributed by atoms with Gasteiger partial charge in [0.25, 0.3) is 0 Å². The molecular formula is C12H15N3O4. The van der Waals surface area contributed by atoms with Crippen molar-refractivity contribution in [2.45, 2.75) is 18.9 Å². The normalized spacial score (nSPS) is 14.3. The number of aromatic hydroxyl groups is 2. The van der Waals surface area contributed by atoms with Crippen molar-refractivity contribution in [3.05, 3.63) is 24.1 Å². The second-order valence-electron chi connectivity index (χ2n) is 4.59. The maximum atomic E-state index is 9.81. The van der Waals surface area contributed by atoms with Crippen LogP contribution in [-0.4, -0.2) is 37.6 Å². The van der Waals surface area contributed by atoms with Gasteiger partial charge in [-0.25, -0.2) is 0 Å². The van der Waals surface area contributed by atoms with Crippen molar-refractivity contribution in [3.63, 3.8) is 0 Å². The van der Waals surface area contributed by atoms with Crippen LogP contribution in [-0.2, 0) is 6.42 Å². The third kappa shape index (κ3) is 3.01.